The number of hydrogen-bond donors (Lipinski definition) is 1. The van der Waals surface area contributed by atoms with Gasteiger partial charge in [-0.2, -0.15) is 4.84 Å². The van der Waals surface area contributed by atoms with Crippen LogP contribution in [-0.2, 0) is 14.4 Å². The van der Waals surface area contributed by atoms with Crippen LogP contribution in [0.25, 0.3) is 0 Å². The zero-order valence-electron chi connectivity index (χ0n) is 20.4. The molecule has 186 valence electrons. The van der Waals surface area contributed by atoms with Crippen LogP contribution in [0.1, 0.15) is 24.0 Å². The average molecular weight is 487 g/mol. The van der Waals surface area contributed by atoms with Gasteiger partial charge in [-0.3, -0.25) is 0 Å². The Hall–Kier alpha value is -3.39. The Morgan fingerprint density at radius 3 is 2.19 bits per heavy atom. The lowest BCUT2D eigenvalue weighted by molar-refractivity contribution is -1.06. The predicted octanol–water partition coefficient (Wildman–Crippen LogP) is 4.17. The SMILES string of the molecule is Cc1cc(N(c2ccccc2)c2ccccc2)cc(C)c1OCC(=O)OC1C2CC3C1O[NH+]([O-])C3C2. The van der Waals surface area contributed by atoms with Crippen LogP contribution in [0.3, 0.4) is 0 Å². The third-order valence-electron chi connectivity index (χ3n) is 7.75. The van der Waals surface area contributed by atoms with Gasteiger partial charge in [-0.25, -0.2) is 10.0 Å². The van der Waals surface area contributed by atoms with Gasteiger partial charge in [-0.05, 0) is 67.8 Å². The molecule has 0 spiro atoms. The summed E-state index contributed by atoms with van der Waals surface area (Å²) in [7, 11) is 0. The molecular formula is C29H30N2O5. The summed E-state index contributed by atoms with van der Waals surface area (Å²) in [5.74, 6) is 0.669. The molecule has 1 saturated heterocycles. The molecule has 1 N–H and O–H groups in total. The lowest BCUT2D eigenvalue weighted by Gasteiger charge is -2.27. The fourth-order valence-electron chi connectivity index (χ4n) is 6.27. The summed E-state index contributed by atoms with van der Waals surface area (Å²) in [5.41, 5.74) is 4.99. The Morgan fingerprint density at radius 2 is 1.58 bits per heavy atom. The number of para-hydroxylation sites is 2. The summed E-state index contributed by atoms with van der Waals surface area (Å²) in [4.78, 5) is 20.4. The highest BCUT2D eigenvalue weighted by Gasteiger charge is 2.64. The van der Waals surface area contributed by atoms with Crippen molar-refractivity contribution in [3.05, 3.63) is 89.1 Å². The molecular weight excluding hydrogens is 456 g/mol. The first-order chi connectivity index (χ1) is 17.5. The first kappa shape index (κ1) is 23.0. The fourth-order valence-corrected chi connectivity index (χ4v) is 6.27. The maximum atomic E-state index is 12.7. The molecule has 3 aromatic rings. The number of carbonyl (C=O) groups is 1. The Labute approximate surface area is 210 Å². The van der Waals surface area contributed by atoms with Crippen LogP contribution in [0, 0.1) is 30.9 Å². The van der Waals surface area contributed by atoms with Crippen molar-refractivity contribution in [1.29, 1.82) is 0 Å². The van der Waals surface area contributed by atoms with Crippen LogP contribution >= 0.6 is 0 Å². The summed E-state index contributed by atoms with van der Waals surface area (Å²) in [6.45, 7) is 3.79. The van der Waals surface area contributed by atoms with E-state index in [0.29, 0.717) is 5.75 Å². The smallest absolute Gasteiger partial charge is 0.344 e. The van der Waals surface area contributed by atoms with E-state index >= 15 is 0 Å². The van der Waals surface area contributed by atoms with E-state index in [4.69, 9.17) is 14.3 Å². The molecule has 6 rings (SSSR count). The maximum Gasteiger partial charge on any atom is 0.344 e. The molecule has 2 aliphatic carbocycles. The lowest BCUT2D eigenvalue weighted by Crippen LogP contribution is -3.08. The van der Waals surface area contributed by atoms with E-state index in [0.717, 1.165) is 41.0 Å². The minimum Gasteiger partial charge on any atom is -0.600 e. The predicted molar refractivity (Wildman–Crippen MR) is 135 cm³/mol. The number of esters is 1. The third-order valence-corrected chi connectivity index (χ3v) is 7.75. The van der Waals surface area contributed by atoms with Gasteiger partial charge in [-0.15, -0.1) is 0 Å². The molecule has 2 bridgehead atoms. The molecule has 7 nitrogen and oxygen atoms in total. The summed E-state index contributed by atoms with van der Waals surface area (Å²) in [6, 6.07) is 24.6. The van der Waals surface area contributed by atoms with Crippen molar-refractivity contribution >= 4 is 23.0 Å². The van der Waals surface area contributed by atoms with Crippen molar-refractivity contribution < 1.29 is 24.3 Å². The normalized spacial score (nSPS) is 27.8. The van der Waals surface area contributed by atoms with E-state index in [2.05, 4.69) is 41.3 Å². The number of ether oxygens (including phenoxy) is 2. The third kappa shape index (κ3) is 4.03. The zero-order chi connectivity index (χ0) is 24.8. The zero-order valence-corrected chi connectivity index (χ0v) is 20.4. The van der Waals surface area contributed by atoms with E-state index in [1.165, 1.54) is 0 Å². The molecule has 0 aromatic heterocycles. The Bertz CT molecular complexity index is 1190. The Kier molecular flexibility index (Phi) is 5.91. The quantitative estimate of drug-likeness (QED) is 0.399. The van der Waals surface area contributed by atoms with Gasteiger partial charge >= 0.3 is 5.97 Å². The number of carbonyl (C=O) groups excluding carboxylic acids is 1. The average Bonchev–Trinajstić information content (AvgIpc) is 3.51. The van der Waals surface area contributed by atoms with Gasteiger partial charge in [0.05, 0.1) is 5.92 Å². The number of quaternary nitrogens is 1. The summed E-state index contributed by atoms with van der Waals surface area (Å²) in [5, 5.41) is 11.8. The van der Waals surface area contributed by atoms with E-state index in [1.807, 2.05) is 50.2 Å². The monoisotopic (exact) mass is 486 g/mol. The number of anilines is 3. The molecule has 0 amide bonds. The summed E-state index contributed by atoms with van der Waals surface area (Å²) in [6.07, 6.45) is 1.04. The van der Waals surface area contributed by atoms with Crippen LogP contribution in [-0.4, -0.2) is 30.8 Å². The topological polar surface area (TPSA) is 75.5 Å². The van der Waals surface area contributed by atoms with E-state index < -0.39 is 5.97 Å². The Balaban J connectivity index is 1.18. The standard InChI is InChI=1S/C29H30N2O5/c1-18-13-23(30(21-9-5-3-6-10-21)22-11-7-4-8-12-22)14-19(2)27(18)34-17-26(32)35-28-20-15-24-25(16-20)31(33)36-29(24)28/h3-14,20,24-25,28-29,31H,15-17H2,1-2H3. The molecule has 0 radical (unpaired) electrons. The molecule has 36 heavy (non-hydrogen) atoms. The lowest BCUT2D eigenvalue weighted by atomic mass is 9.92. The minimum absolute atomic E-state index is 0.00125. The van der Waals surface area contributed by atoms with Crippen LogP contribution in [0.5, 0.6) is 5.75 Å². The van der Waals surface area contributed by atoms with E-state index in [9.17, 15) is 10.0 Å². The van der Waals surface area contributed by atoms with E-state index in [1.54, 1.807) is 0 Å². The number of aryl methyl sites for hydroxylation is 2. The fraction of sp³-hybridized carbons (Fsp3) is 0.345. The highest BCUT2D eigenvalue weighted by atomic mass is 16.9. The molecule has 2 saturated carbocycles. The summed E-state index contributed by atoms with van der Waals surface area (Å²) < 4.78 is 11.7. The number of fused-ring (bicyclic) bond motifs is 1. The van der Waals surface area contributed by atoms with Gasteiger partial charge in [0, 0.05) is 29.4 Å². The van der Waals surface area contributed by atoms with Crippen LogP contribution in [0.2, 0.25) is 0 Å². The second kappa shape index (κ2) is 9.24. The van der Waals surface area contributed by atoms with Crippen molar-refractivity contribution in [3.63, 3.8) is 0 Å². The van der Waals surface area contributed by atoms with Crippen LogP contribution < -0.4 is 14.9 Å². The van der Waals surface area contributed by atoms with Crippen LogP contribution in [0.4, 0.5) is 17.1 Å². The van der Waals surface area contributed by atoms with Gasteiger partial charge in [-0.1, -0.05) is 36.4 Å². The number of hydrogen-bond acceptors (Lipinski definition) is 6. The first-order valence-electron chi connectivity index (χ1n) is 12.5. The van der Waals surface area contributed by atoms with Crippen molar-refractivity contribution in [2.45, 2.75) is 44.9 Å². The molecule has 7 heteroatoms. The van der Waals surface area contributed by atoms with Gasteiger partial charge in [0.25, 0.3) is 0 Å². The molecule has 3 aromatic carbocycles. The van der Waals surface area contributed by atoms with Crippen LogP contribution in [0.15, 0.2) is 72.8 Å². The van der Waals surface area contributed by atoms with Gasteiger partial charge < -0.3 is 19.6 Å². The van der Waals surface area contributed by atoms with Gasteiger partial charge in [0.2, 0.25) is 0 Å². The van der Waals surface area contributed by atoms with Gasteiger partial charge in [0.15, 0.2) is 12.7 Å². The minimum atomic E-state index is -0.426. The second-order valence-electron chi connectivity index (χ2n) is 10.1. The first-order valence-corrected chi connectivity index (χ1v) is 12.5. The van der Waals surface area contributed by atoms with Crippen molar-refractivity contribution in [3.8, 4) is 5.75 Å². The second-order valence-corrected chi connectivity index (χ2v) is 10.1. The summed E-state index contributed by atoms with van der Waals surface area (Å²) >= 11 is 0. The number of nitrogens with zero attached hydrogens (tertiary/aromatic N) is 1. The maximum absolute atomic E-state index is 12.7. The van der Waals surface area contributed by atoms with E-state index in [-0.39, 0.29) is 41.9 Å². The highest BCUT2D eigenvalue weighted by Crippen LogP contribution is 2.48. The number of nitrogens with one attached hydrogen (secondary N) is 1. The number of rotatable bonds is 7. The number of hydroxylamine groups is 2. The molecule has 6 unspecified atom stereocenters. The highest BCUT2D eigenvalue weighted by molar-refractivity contribution is 5.78. The number of benzene rings is 3. The molecule has 1 aliphatic heterocycles. The molecule has 3 aliphatic rings. The van der Waals surface area contributed by atoms with Gasteiger partial charge in [0.1, 0.15) is 17.9 Å². The molecule has 3 fully saturated rings. The van der Waals surface area contributed by atoms with Crippen molar-refractivity contribution in [2.75, 3.05) is 11.5 Å². The molecule has 1 heterocycles. The molecule has 6 atom stereocenters. The van der Waals surface area contributed by atoms with Crippen molar-refractivity contribution in [2.24, 2.45) is 11.8 Å². The Morgan fingerprint density at radius 1 is 0.972 bits per heavy atom. The van der Waals surface area contributed by atoms with Crippen molar-refractivity contribution in [1.82, 2.24) is 0 Å². The largest absolute Gasteiger partial charge is 0.600 e.